The summed E-state index contributed by atoms with van der Waals surface area (Å²) in [6.45, 7) is 1.60. The van der Waals surface area contributed by atoms with Crippen molar-refractivity contribution in [1.29, 1.82) is 0 Å². The van der Waals surface area contributed by atoms with Gasteiger partial charge in [-0.15, -0.1) is 0 Å². The van der Waals surface area contributed by atoms with Crippen LogP contribution in [0.3, 0.4) is 0 Å². The Balaban J connectivity index is 2.23. The van der Waals surface area contributed by atoms with Crippen LogP contribution in [0.15, 0.2) is 36.4 Å². The largest absolute Gasteiger partial charge is 0.218 e. The summed E-state index contributed by atoms with van der Waals surface area (Å²) < 4.78 is 52.6. The zero-order valence-corrected chi connectivity index (χ0v) is 15.3. The molecule has 0 spiro atoms. The first-order chi connectivity index (χ1) is 11.1. The van der Waals surface area contributed by atoms with Gasteiger partial charge in [0, 0.05) is 13.1 Å². The normalized spacial score (nSPS) is 13.3. The van der Waals surface area contributed by atoms with Crippen molar-refractivity contribution in [1.82, 2.24) is 4.31 Å². The number of halogens is 4. The molecule has 0 amide bonds. The molecule has 3 nitrogen and oxygen atoms in total. The minimum absolute atomic E-state index is 0.265. The Morgan fingerprint density at radius 1 is 1.04 bits per heavy atom. The van der Waals surface area contributed by atoms with Crippen molar-refractivity contribution in [2.45, 2.75) is 18.7 Å². The summed E-state index contributed by atoms with van der Waals surface area (Å²) in [5.41, 5.74) is 0.836. The molecule has 0 heterocycles. The zero-order valence-electron chi connectivity index (χ0n) is 12.9. The molecule has 0 saturated carbocycles. The van der Waals surface area contributed by atoms with Gasteiger partial charge in [0.25, 0.3) is 0 Å². The van der Waals surface area contributed by atoms with E-state index in [0.717, 1.165) is 16.4 Å². The molecule has 0 aliphatic carbocycles. The Labute approximate surface area is 149 Å². The lowest BCUT2D eigenvalue weighted by atomic mass is 10.1. The summed E-state index contributed by atoms with van der Waals surface area (Å²) in [4.78, 5) is 0. The van der Waals surface area contributed by atoms with E-state index in [2.05, 4.69) is 0 Å². The second-order valence-corrected chi connectivity index (χ2v) is 8.21. The maximum atomic E-state index is 13.4. The van der Waals surface area contributed by atoms with E-state index in [4.69, 9.17) is 23.2 Å². The van der Waals surface area contributed by atoms with Gasteiger partial charge >= 0.3 is 0 Å². The monoisotopic (exact) mass is 393 g/mol. The Hall–Kier alpha value is -1.21. The fraction of sp³-hybridized carbons (Fsp3) is 0.250. The van der Waals surface area contributed by atoms with Crippen LogP contribution in [-0.2, 0) is 15.8 Å². The molecule has 8 heteroatoms. The van der Waals surface area contributed by atoms with E-state index in [1.165, 1.54) is 25.2 Å². The van der Waals surface area contributed by atoms with Gasteiger partial charge < -0.3 is 0 Å². The van der Waals surface area contributed by atoms with Gasteiger partial charge in [0.15, 0.2) is 11.6 Å². The van der Waals surface area contributed by atoms with Crippen molar-refractivity contribution in [3.05, 3.63) is 69.2 Å². The van der Waals surface area contributed by atoms with Gasteiger partial charge in [0.1, 0.15) is 0 Å². The highest BCUT2D eigenvalue weighted by atomic mass is 35.5. The summed E-state index contributed by atoms with van der Waals surface area (Å²) in [7, 11) is -2.31. The first-order valence-corrected chi connectivity index (χ1v) is 9.33. The van der Waals surface area contributed by atoms with Gasteiger partial charge in [-0.3, -0.25) is 0 Å². The van der Waals surface area contributed by atoms with Crippen LogP contribution in [0.25, 0.3) is 0 Å². The Bertz CT molecular complexity index is 859. The van der Waals surface area contributed by atoms with Gasteiger partial charge in [0.2, 0.25) is 10.0 Å². The van der Waals surface area contributed by atoms with Crippen LogP contribution >= 0.6 is 23.2 Å². The van der Waals surface area contributed by atoms with Gasteiger partial charge in [-0.1, -0.05) is 35.3 Å². The first kappa shape index (κ1) is 19.1. The topological polar surface area (TPSA) is 37.4 Å². The van der Waals surface area contributed by atoms with Gasteiger partial charge in [0.05, 0.1) is 15.8 Å². The van der Waals surface area contributed by atoms with E-state index in [1.54, 1.807) is 13.0 Å². The standard InChI is InChI=1S/C16H15Cl2F2NO2S/c1-10(12-4-6-15(19)16(20)8-12)21(2)24(22,23)9-11-3-5-13(17)14(18)7-11/h3-8,10H,9H2,1-2H3. The van der Waals surface area contributed by atoms with Crippen LogP contribution in [-0.4, -0.2) is 19.8 Å². The van der Waals surface area contributed by atoms with E-state index in [1.807, 2.05) is 0 Å². The van der Waals surface area contributed by atoms with E-state index in [-0.39, 0.29) is 10.8 Å². The van der Waals surface area contributed by atoms with Crippen molar-refractivity contribution in [3.8, 4) is 0 Å². The third-order valence-corrected chi connectivity index (χ3v) is 6.37. The van der Waals surface area contributed by atoms with Gasteiger partial charge in [-0.05, 0) is 42.3 Å². The molecule has 0 fully saturated rings. The molecule has 1 unspecified atom stereocenters. The highest BCUT2D eigenvalue weighted by Crippen LogP contribution is 2.27. The summed E-state index contributed by atoms with van der Waals surface area (Å²) in [5, 5.41) is 0.599. The minimum atomic E-state index is -3.70. The fourth-order valence-electron chi connectivity index (χ4n) is 2.16. The molecule has 0 aliphatic rings. The third-order valence-electron chi connectivity index (χ3n) is 3.74. The van der Waals surface area contributed by atoms with Gasteiger partial charge in [-0.25, -0.2) is 17.2 Å². The molecule has 0 radical (unpaired) electrons. The van der Waals surface area contributed by atoms with Crippen molar-refractivity contribution < 1.29 is 17.2 Å². The molecule has 0 saturated heterocycles. The molecule has 2 aromatic carbocycles. The average Bonchev–Trinajstić information content (AvgIpc) is 2.52. The molecule has 1 atom stereocenters. The highest BCUT2D eigenvalue weighted by Gasteiger charge is 2.25. The molecule has 0 aliphatic heterocycles. The van der Waals surface area contributed by atoms with Crippen molar-refractivity contribution in [2.24, 2.45) is 0 Å². The van der Waals surface area contributed by atoms with Crippen LogP contribution in [0.2, 0.25) is 10.0 Å². The third kappa shape index (κ3) is 4.25. The molecule has 0 bridgehead atoms. The number of hydrogen-bond acceptors (Lipinski definition) is 2. The Morgan fingerprint density at radius 3 is 2.29 bits per heavy atom. The van der Waals surface area contributed by atoms with E-state index in [0.29, 0.717) is 16.1 Å². The van der Waals surface area contributed by atoms with Crippen LogP contribution < -0.4 is 0 Å². The second-order valence-electron chi connectivity index (χ2n) is 5.37. The lowest BCUT2D eigenvalue weighted by Crippen LogP contribution is -2.31. The van der Waals surface area contributed by atoms with Crippen molar-refractivity contribution in [2.75, 3.05) is 7.05 Å². The predicted molar refractivity (Wildman–Crippen MR) is 91.6 cm³/mol. The van der Waals surface area contributed by atoms with Crippen molar-refractivity contribution in [3.63, 3.8) is 0 Å². The zero-order chi connectivity index (χ0) is 18.1. The SMILES string of the molecule is CC(c1ccc(F)c(F)c1)N(C)S(=O)(=O)Cc1ccc(Cl)c(Cl)c1. The number of sulfonamides is 1. The number of nitrogens with zero attached hydrogens (tertiary/aromatic N) is 1. The molecule has 130 valence electrons. The van der Waals surface area contributed by atoms with Gasteiger partial charge in [-0.2, -0.15) is 4.31 Å². The Kier molecular flexibility index (Phi) is 5.86. The predicted octanol–water partition coefficient (Wildman–Crippen LogP) is 4.79. The minimum Gasteiger partial charge on any atom is -0.212 e. The summed E-state index contributed by atoms with van der Waals surface area (Å²) in [5.74, 6) is -2.28. The molecular weight excluding hydrogens is 379 g/mol. The fourth-order valence-corrected chi connectivity index (χ4v) is 3.89. The molecule has 2 rings (SSSR count). The first-order valence-electron chi connectivity index (χ1n) is 6.96. The smallest absolute Gasteiger partial charge is 0.212 e. The lowest BCUT2D eigenvalue weighted by molar-refractivity contribution is 0.395. The average molecular weight is 394 g/mol. The highest BCUT2D eigenvalue weighted by molar-refractivity contribution is 7.88. The van der Waals surface area contributed by atoms with E-state index < -0.39 is 27.7 Å². The summed E-state index contributed by atoms with van der Waals surface area (Å²) in [6, 6.07) is 7.24. The molecular formula is C16H15Cl2F2NO2S. The van der Waals surface area contributed by atoms with Crippen LogP contribution in [0, 0.1) is 11.6 Å². The van der Waals surface area contributed by atoms with Crippen LogP contribution in [0.4, 0.5) is 8.78 Å². The quantitative estimate of drug-likeness (QED) is 0.731. The summed E-state index contributed by atoms with van der Waals surface area (Å²) >= 11 is 11.7. The summed E-state index contributed by atoms with van der Waals surface area (Å²) in [6.07, 6.45) is 0. The molecule has 2 aromatic rings. The van der Waals surface area contributed by atoms with E-state index >= 15 is 0 Å². The maximum Gasteiger partial charge on any atom is 0.218 e. The molecule has 0 aromatic heterocycles. The number of hydrogen-bond donors (Lipinski definition) is 0. The van der Waals surface area contributed by atoms with Crippen LogP contribution in [0.5, 0.6) is 0 Å². The van der Waals surface area contributed by atoms with E-state index in [9.17, 15) is 17.2 Å². The van der Waals surface area contributed by atoms with Crippen molar-refractivity contribution >= 4 is 33.2 Å². The van der Waals surface area contributed by atoms with Crippen LogP contribution in [0.1, 0.15) is 24.1 Å². The molecule has 0 N–H and O–H groups in total. The molecule has 24 heavy (non-hydrogen) atoms. The number of benzene rings is 2. The Morgan fingerprint density at radius 2 is 1.71 bits per heavy atom. The maximum absolute atomic E-state index is 13.4. The lowest BCUT2D eigenvalue weighted by Gasteiger charge is -2.25. The number of rotatable bonds is 5. The second kappa shape index (κ2) is 7.35.